The molecule has 2 aliphatic heterocycles. The molecular weight excluding hydrogens is 617 g/mol. The summed E-state index contributed by atoms with van der Waals surface area (Å²) < 4.78 is 9.41. The van der Waals surface area contributed by atoms with Gasteiger partial charge in [0.25, 0.3) is 0 Å². The Morgan fingerprint density at radius 1 is 0.653 bits per heavy atom. The van der Waals surface area contributed by atoms with Crippen molar-refractivity contribution in [2.45, 2.75) is 67.1 Å². The molecule has 0 amide bonds. The Labute approximate surface area is 295 Å². The fourth-order valence-corrected chi connectivity index (χ4v) is 9.64. The van der Waals surface area contributed by atoms with Crippen LogP contribution in [0.5, 0.6) is 5.75 Å². The summed E-state index contributed by atoms with van der Waals surface area (Å²) in [5, 5.41) is 0. The molecule has 5 aromatic carbocycles. The Kier molecular flexibility index (Phi) is 8.85. The monoisotopic (exact) mass is 662 g/mol. The summed E-state index contributed by atoms with van der Waals surface area (Å²) in [7, 11) is -0.221. The van der Waals surface area contributed by atoms with E-state index in [0.29, 0.717) is 0 Å². The predicted molar refractivity (Wildman–Crippen MR) is 206 cm³/mol. The number of rotatable bonds is 9. The zero-order valence-corrected chi connectivity index (χ0v) is 30.3. The summed E-state index contributed by atoms with van der Waals surface area (Å²) >= 11 is 0. The maximum atomic E-state index is 6.97. The van der Waals surface area contributed by atoms with Crippen molar-refractivity contribution in [2.75, 3.05) is 18.0 Å². The molecule has 0 aliphatic carbocycles. The van der Waals surface area contributed by atoms with Gasteiger partial charge >= 0.3 is 0 Å². The van der Waals surface area contributed by atoms with Crippen molar-refractivity contribution in [3.05, 3.63) is 168 Å². The quantitative estimate of drug-likeness (QED) is 0.0887. The van der Waals surface area contributed by atoms with Gasteiger partial charge in [0.1, 0.15) is 18.1 Å². The van der Waals surface area contributed by atoms with Crippen molar-refractivity contribution >= 4 is 28.0 Å². The lowest BCUT2D eigenvalue weighted by Gasteiger charge is -2.27. The maximum Gasteiger partial charge on any atom is 0.209 e. The van der Waals surface area contributed by atoms with Gasteiger partial charge in [0.15, 0.2) is 20.4 Å². The zero-order valence-electron chi connectivity index (χ0n) is 29.5. The highest BCUT2D eigenvalue weighted by molar-refractivity contribution is 7.97. The maximum absolute atomic E-state index is 6.97. The third kappa shape index (κ3) is 5.93. The molecule has 0 radical (unpaired) electrons. The van der Waals surface area contributed by atoms with Gasteiger partial charge < -0.3 is 9.64 Å². The largest absolute Gasteiger partial charge is 0.457 e. The Hall–Kier alpha value is -4.80. The second-order valence-corrected chi connectivity index (χ2v) is 15.8. The van der Waals surface area contributed by atoms with E-state index in [2.05, 4.69) is 197 Å². The number of para-hydroxylation sites is 2. The van der Waals surface area contributed by atoms with E-state index in [4.69, 9.17) is 4.74 Å². The minimum absolute atomic E-state index is 0.179. The van der Waals surface area contributed by atoms with Crippen LogP contribution in [0.3, 0.4) is 0 Å². The summed E-state index contributed by atoms with van der Waals surface area (Å²) in [6, 6.07) is 47.9. The second kappa shape index (κ2) is 13.2. The normalized spacial score (nSPS) is 17.1. The van der Waals surface area contributed by atoms with Gasteiger partial charge in [0, 0.05) is 47.1 Å². The molecular formula is C45H46N2OS+2. The third-order valence-electron chi connectivity index (χ3n) is 10.0. The molecule has 49 heavy (non-hydrogen) atoms. The van der Waals surface area contributed by atoms with E-state index in [1.807, 2.05) is 0 Å². The topological polar surface area (TPSA) is 15.5 Å². The summed E-state index contributed by atoms with van der Waals surface area (Å²) in [6.07, 6.45) is 4.58. The van der Waals surface area contributed by atoms with Crippen LogP contribution in [0.25, 0.3) is 0 Å². The van der Waals surface area contributed by atoms with Crippen LogP contribution in [0.4, 0.5) is 11.4 Å². The van der Waals surface area contributed by atoms with Crippen LogP contribution in [0.1, 0.15) is 52.7 Å². The van der Waals surface area contributed by atoms with Crippen LogP contribution < -0.4 is 9.64 Å². The minimum Gasteiger partial charge on any atom is -0.457 e. The van der Waals surface area contributed by atoms with Gasteiger partial charge in [-0.15, -0.1) is 0 Å². The number of nitrogens with zero attached hydrogens (tertiary/aromatic N) is 2. The number of ether oxygens (including phenoxy) is 1. The smallest absolute Gasteiger partial charge is 0.209 e. The molecule has 0 saturated heterocycles. The average molecular weight is 663 g/mol. The van der Waals surface area contributed by atoms with Crippen molar-refractivity contribution < 1.29 is 9.31 Å². The SMILES string of the molecule is CCN1/C(=C/C(=C/C2=[N+](CC)c3ccccc3C2(C)C)Oc2ccc([S+](c3ccccc3)c3ccccc3)cc2)C(C)(C)c2ccccc21. The lowest BCUT2D eigenvalue weighted by atomic mass is 9.81. The first-order valence-corrected chi connectivity index (χ1v) is 18.6. The van der Waals surface area contributed by atoms with Gasteiger partial charge in [-0.1, -0.05) is 86.6 Å². The van der Waals surface area contributed by atoms with Crippen LogP contribution in [-0.4, -0.2) is 23.4 Å². The first kappa shape index (κ1) is 32.7. The van der Waals surface area contributed by atoms with E-state index < -0.39 is 0 Å². The van der Waals surface area contributed by atoms with Gasteiger partial charge in [0.2, 0.25) is 5.69 Å². The van der Waals surface area contributed by atoms with Gasteiger partial charge in [-0.25, -0.2) is 0 Å². The first-order valence-electron chi connectivity index (χ1n) is 17.4. The number of hydrogen-bond acceptors (Lipinski definition) is 2. The van der Waals surface area contributed by atoms with Gasteiger partial charge in [-0.3, -0.25) is 0 Å². The first-order chi connectivity index (χ1) is 23.7. The highest BCUT2D eigenvalue weighted by Crippen LogP contribution is 2.48. The molecule has 0 N–H and O–H groups in total. The Morgan fingerprint density at radius 3 is 1.82 bits per heavy atom. The number of fused-ring (bicyclic) bond motifs is 2. The highest BCUT2D eigenvalue weighted by atomic mass is 32.2. The molecule has 0 fully saturated rings. The molecule has 2 heterocycles. The Balaban J connectivity index is 1.33. The summed E-state index contributed by atoms with van der Waals surface area (Å²) in [5.74, 6) is 1.66. The number of benzene rings is 5. The number of hydrogen-bond donors (Lipinski definition) is 0. The van der Waals surface area contributed by atoms with Crippen molar-refractivity contribution in [1.82, 2.24) is 0 Å². The molecule has 0 bridgehead atoms. The van der Waals surface area contributed by atoms with Crippen LogP contribution in [-0.2, 0) is 21.7 Å². The van der Waals surface area contributed by atoms with Crippen molar-refractivity contribution in [3.8, 4) is 5.75 Å². The number of allylic oxidation sites excluding steroid dienone is 3. The van der Waals surface area contributed by atoms with Crippen LogP contribution in [0.2, 0.25) is 0 Å². The van der Waals surface area contributed by atoms with Crippen molar-refractivity contribution in [2.24, 2.45) is 0 Å². The Morgan fingerprint density at radius 2 is 1.20 bits per heavy atom. The molecule has 7 rings (SSSR count). The molecule has 0 atom stereocenters. The molecule has 5 aromatic rings. The molecule has 246 valence electrons. The van der Waals surface area contributed by atoms with Crippen LogP contribution in [0.15, 0.2) is 172 Å². The van der Waals surface area contributed by atoms with Crippen molar-refractivity contribution in [3.63, 3.8) is 0 Å². The van der Waals surface area contributed by atoms with E-state index in [0.717, 1.165) is 24.6 Å². The van der Waals surface area contributed by atoms with E-state index in [1.165, 1.54) is 48.6 Å². The third-order valence-corrected chi connectivity index (χ3v) is 12.3. The fraction of sp³-hybridized carbons (Fsp3) is 0.222. The molecule has 0 aromatic heterocycles. The van der Waals surface area contributed by atoms with Crippen LogP contribution in [0, 0.1) is 0 Å². The Bertz CT molecular complexity index is 2020. The van der Waals surface area contributed by atoms with Gasteiger partial charge in [-0.2, -0.15) is 4.58 Å². The molecule has 4 heteroatoms. The fourth-order valence-electron chi connectivity index (χ4n) is 7.55. The standard InChI is InChI=1S/C45H46N2OS/c1-7-46-40-25-17-15-23-38(40)44(3,4)42(46)31-34(32-43-45(5,6)39-24-16-18-26-41(39)47(43)8-2)48-33-27-29-37(30-28-33)49(35-19-11-9-12-20-35)36-21-13-10-14-22-36/h9-32H,7-8H2,1-6H3/q+2. The van der Waals surface area contributed by atoms with Gasteiger partial charge in [-0.05, 0) is 87.9 Å². The molecule has 3 nitrogen and oxygen atoms in total. The average Bonchev–Trinajstić information content (AvgIpc) is 3.48. The lowest BCUT2D eigenvalue weighted by molar-refractivity contribution is -0.433. The molecule has 2 aliphatic rings. The summed E-state index contributed by atoms with van der Waals surface area (Å²) in [5.41, 5.74) is 7.36. The van der Waals surface area contributed by atoms with E-state index in [-0.39, 0.29) is 21.7 Å². The lowest BCUT2D eigenvalue weighted by Crippen LogP contribution is -2.29. The van der Waals surface area contributed by atoms with E-state index in [1.54, 1.807) is 0 Å². The molecule has 0 saturated carbocycles. The summed E-state index contributed by atoms with van der Waals surface area (Å²) in [6.45, 7) is 15.5. The van der Waals surface area contributed by atoms with Crippen molar-refractivity contribution in [1.29, 1.82) is 0 Å². The predicted octanol–water partition coefficient (Wildman–Crippen LogP) is 10.8. The van der Waals surface area contributed by atoms with Gasteiger partial charge in [0.05, 0.1) is 16.3 Å². The highest BCUT2D eigenvalue weighted by Gasteiger charge is 2.45. The second-order valence-electron chi connectivity index (χ2n) is 13.7. The number of likely N-dealkylation sites (N-methyl/N-ethyl adjacent to an activating group) is 1. The summed E-state index contributed by atoms with van der Waals surface area (Å²) in [4.78, 5) is 6.30. The molecule has 0 spiro atoms. The van der Waals surface area contributed by atoms with E-state index >= 15 is 0 Å². The minimum atomic E-state index is -0.221. The van der Waals surface area contributed by atoms with Crippen LogP contribution >= 0.6 is 0 Å². The molecule has 0 unspecified atom stereocenters. The zero-order chi connectivity index (χ0) is 34.2. The number of anilines is 1. The van der Waals surface area contributed by atoms with E-state index in [9.17, 15) is 0 Å².